The highest BCUT2D eigenvalue weighted by Crippen LogP contribution is 2.23. The van der Waals surface area contributed by atoms with Crippen molar-refractivity contribution in [1.82, 2.24) is 5.32 Å². The van der Waals surface area contributed by atoms with Gasteiger partial charge in [0.25, 0.3) is 11.8 Å². The molecule has 6 nitrogen and oxygen atoms in total. The van der Waals surface area contributed by atoms with Crippen LogP contribution in [0.5, 0.6) is 0 Å². The first-order valence-electron chi connectivity index (χ1n) is 13.1. The first-order valence-corrected chi connectivity index (χ1v) is 14.1. The third-order valence-corrected chi connectivity index (χ3v) is 6.78. The highest BCUT2D eigenvalue weighted by Gasteiger charge is 2.15. The maximum absolute atomic E-state index is 13.4. The lowest BCUT2D eigenvalue weighted by Crippen LogP contribution is -2.30. The van der Waals surface area contributed by atoms with E-state index in [-0.39, 0.29) is 17.6 Å². The van der Waals surface area contributed by atoms with Crippen molar-refractivity contribution in [3.8, 4) is 11.1 Å². The Morgan fingerprint density at radius 3 is 2.20 bits per heavy atom. The fraction of sp³-hybridized carbons (Fsp3) is 0.0882. The molecule has 0 saturated heterocycles. The van der Waals surface area contributed by atoms with Gasteiger partial charge in [-0.15, -0.1) is 11.8 Å². The summed E-state index contributed by atoms with van der Waals surface area (Å²) >= 11 is 1.51. The number of benzene rings is 4. The largest absolute Gasteiger partial charge is 0.463 e. The van der Waals surface area contributed by atoms with Crippen molar-refractivity contribution < 1.29 is 19.1 Å². The summed E-state index contributed by atoms with van der Waals surface area (Å²) in [5.41, 5.74) is 4.04. The number of amides is 2. The Bertz CT molecular complexity index is 1530. The molecule has 0 fully saturated rings. The number of esters is 1. The van der Waals surface area contributed by atoms with Crippen LogP contribution in [0.4, 0.5) is 5.69 Å². The van der Waals surface area contributed by atoms with Crippen molar-refractivity contribution in [2.75, 3.05) is 17.7 Å². The van der Waals surface area contributed by atoms with Crippen LogP contribution in [0.15, 0.2) is 132 Å². The van der Waals surface area contributed by atoms with E-state index in [1.807, 2.05) is 78.9 Å². The highest BCUT2D eigenvalue weighted by molar-refractivity contribution is 7.99. The molecule has 0 aliphatic rings. The van der Waals surface area contributed by atoms with Gasteiger partial charge in [-0.1, -0.05) is 84.9 Å². The van der Waals surface area contributed by atoms with Crippen molar-refractivity contribution in [2.45, 2.75) is 11.8 Å². The Morgan fingerprint density at radius 2 is 1.49 bits per heavy atom. The van der Waals surface area contributed by atoms with Crippen LogP contribution < -0.4 is 10.6 Å². The van der Waals surface area contributed by atoms with Gasteiger partial charge in [-0.2, -0.15) is 0 Å². The third kappa shape index (κ3) is 9.08. The first-order chi connectivity index (χ1) is 20.0. The molecule has 0 bridgehead atoms. The topological polar surface area (TPSA) is 84.5 Å². The van der Waals surface area contributed by atoms with Crippen LogP contribution in [0, 0.1) is 0 Å². The Hall–Kier alpha value is -4.88. The second kappa shape index (κ2) is 15.1. The average Bonchev–Trinajstić information content (AvgIpc) is 3.00. The predicted molar refractivity (Wildman–Crippen MR) is 165 cm³/mol. The van der Waals surface area contributed by atoms with Gasteiger partial charge in [-0.05, 0) is 60.0 Å². The maximum atomic E-state index is 13.4. The lowest BCUT2D eigenvalue weighted by molar-refractivity contribution is -0.137. The van der Waals surface area contributed by atoms with Gasteiger partial charge in [0.05, 0.1) is 6.61 Å². The first kappa shape index (κ1) is 29.1. The SMILES string of the molecule is CCOC(=O)/C=C/CSc1cccc(NC(=O)/C(=C\c2ccc(-c3ccccc3)cc2)NC(=O)c2ccccc2)c1. The Kier molecular flexibility index (Phi) is 10.7. The number of carbonyl (C=O) groups is 3. The zero-order valence-electron chi connectivity index (χ0n) is 22.6. The zero-order chi connectivity index (χ0) is 28.9. The van der Waals surface area contributed by atoms with E-state index < -0.39 is 5.91 Å². The molecule has 0 radical (unpaired) electrons. The second-order valence-corrected chi connectivity index (χ2v) is 9.91. The summed E-state index contributed by atoms with van der Waals surface area (Å²) in [5, 5.41) is 5.67. The molecule has 0 aromatic heterocycles. The fourth-order valence-corrected chi connectivity index (χ4v) is 4.62. The van der Waals surface area contributed by atoms with Crippen LogP contribution in [0.1, 0.15) is 22.8 Å². The number of anilines is 1. The molecular weight excluding hydrogens is 532 g/mol. The minimum atomic E-state index is -0.453. The van der Waals surface area contributed by atoms with E-state index in [2.05, 4.69) is 10.6 Å². The molecule has 0 aliphatic carbocycles. The van der Waals surface area contributed by atoms with Crippen LogP contribution in [-0.2, 0) is 14.3 Å². The van der Waals surface area contributed by atoms with E-state index in [1.54, 1.807) is 49.4 Å². The van der Waals surface area contributed by atoms with Gasteiger partial charge in [-0.3, -0.25) is 9.59 Å². The van der Waals surface area contributed by atoms with Gasteiger partial charge in [0, 0.05) is 28.0 Å². The smallest absolute Gasteiger partial charge is 0.330 e. The quantitative estimate of drug-likeness (QED) is 0.117. The number of nitrogens with one attached hydrogen (secondary N) is 2. The van der Waals surface area contributed by atoms with E-state index in [0.29, 0.717) is 23.6 Å². The number of hydrogen-bond acceptors (Lipinski definition) is 5. The molecule has 0 heterocycles. The summed E-state index contributed by atoms with van der Waals surface area (Å²) in [4.78, 5) is 38.8. The summed E-state index contributed by atoms with van der Waals surface area (Å²) in [5.74, 6) is -0.648. The van der Waals surface area contributed by atoms with Gasteiger partial charge in [0.2, 0.25) is 0 Å². The monoisotopic (exact) mass is 562 g/mol. The van der Waals surface area contributed by atoms with Gasteiger partial charge in [0.1, 0.15) is 5.70 Å². The number of hydrogen-bond donors (Lipinski definition) is 2. The second-order valence-electron chi connectivity index (χ2n) is 8.81. The molecule has 2 N–H and O–H groups in total. The van der Waals surface area contributed by atoms with E-state index >= 15 is 0 Å². The molecule has 0 unspecified atom stereocenters. The van der Waals surface area contributed by atoms with Crippen LogP contribution in [0.25, 0.3) is 17.2 Å². The molecule has 0 saturated carbocycles. The maximum Gasteiger partial charge on any atom is 0.330 e. The summed E-state index contributed by atoms with van der Waals surface area (Å²) in [6, 6.07) is 33.9. The molecule has 0 aliphatic heterocycles. The Balaban J connectivity index is 1.51. The van der Waals surface area contributed by atoms with E-state index in [0.717, 1.165) is 21.6 Å². The molecule has 0 spiro atoms. The molecule has 4 rings (SSSR count). The Labute approximate surface area is 244 Å². The van der Waals surface area contributed by atoms with Crippen LogP contribution >= 0.6 is 11.8 Å². The Morgan fingerprint density at radius 1 is 0.805 bits per heavy atom. The number of carbonyl (C=O) groups excluding carboxylic acids is 3. The van der Waals surface area contributed by atoms with Crippen molar-refractivity contribution in [3.05, 3.63) is 138 Å². The minimum Gasteiger partial charge on any atom is -0.463 e. The van der Waals surface area contributed by atoms with E-state index in [4.69, 9.17) is 4.74 Å². The molecule has 4 aromatic carbocycles. The van der Waals surface area contributed by atoms with Gasteiger partial charge < -0.3 is 15.4 Å². The van der Waals surface area contributed by atoms with Crippen LogP contribution in [0.2, 0.25) is 0 Å². The summed E-state index contributed by atoms with van der Waals surface area (Å²) in [7, 11) is 0. The third-order valence-electron chi connectivity index (χ3n) is 5.84. The molecule has 41 heavy (non-hydrogen) atoms. The van der Waals surface area contributed by atoms with Crippen molar-refractivity contribution in [1.29, 1.82) is 0 Å². The van der Waals surface area contributed by atoms with Gasteiger partial charge >= 0.3 is 5.97 Å². The lowest BCUT2D eigenvalue weighted by Gasteiger charge is -2.12. The predicted octanol–water partition coefficient (Wildman–Crippen LogP) is 6.97. The number of rotatable bonds is 11. The molecule has 2 amide bonds. The molecule has 7 heteroatoms. The summed E-state index contributed by atoms with van der Waals surface area (Å²) in [6.07, 6.45) is 4.79. The van der Waals surface area contributed by atoms with Crippen molar-refractivity contribution in [3.63, 3.8) is 0 Å². The highest BCUT2D eigenvalue weighted by atomic mass is 32.2. The zero-order valence-corrected chi connectivity index (χ0v) is 23.4. The summed E-state index contributed by atoms with van der Waals surface area (Å²) < 4.78 is 4.89. The number of thioether (sulfide) groups is 1. The van der Waals surface area contributed by atoms with E-state index in [1.165, 1.54) is 17.8 Å². The molecule has 206 valence electrons. The normalized spacial score (nSPS) is 11.2. The standard InChI is InChI=1S/C34H30N2O4S/c1-2-40-32(37)17-10-22-41-30-16-9-15-29(24-30)35-34(39)31(36-33(38)28-13-7-4-8-14-28)23-25-18-20-27(21-19-25)26-11-5-3-6-12-26/h3-21,23-24H,2,22H2,1H3,(H,35,39)(H,36,38)/b17-10+,31-23+. The molecular formula is C34H30N2O4S. The minimum absolute atomic E-state index is 0.113. The van der Waals surface area contributed by atoms with Gasteiger partial charge in [0.15, 0.2) is 0 Å². The van der Waals surface area contributed by atoms with Crippen LogP contribution in [0.3, 0.4) is 0 Å². The molecule has 0 atom stereocenters. The van der Waals surface area contributed by atoms with Crippen molar-refractivity contribution in [2.24, 2.45) is 0 Å². The average molecular weight is 563 g/mol. The van der Waals surface area contributed by atoms with Crippen molar-refractivity contribution >= 4 is 41.3 Å². The molecule has 4 aromatic rings. The van der Waals surface area contributed by atoms with Gasteiger partial charge in [-0.25, -0.2) is 4.79 Å². The summed E-state index contributed by atoms with van der Waals surface area (Å²) in [6.45, 7) is 2.09. The number of ether oxygens (including phenoxy) is 1. The van der Waals surface area contributed by atoms with E-state index in [9.17, 15) is 14.4 Å². The lowest BCUT2D eigenvalue weighted by atomic mass is 10.0. The fourth-order valence-electron chi connectivity index (χ4n) is 3.85. The van der Waals surface area contributed by atoms with Crippen LogP contribution in [-0.4, -0.2) is 30.1 Å².